The number of hydrogen-bond acceptors (Lipinski definition) is 7. The predicted octanol–water partition coefficient (Wildman–Crippen LogP) is 2.92. The normalized spacial score (nSPS) is 12.1. The smallest absolute Gasteiger partial charge is 0.267 e. The molecule has 9 nitrogen and oxygen atoms in total. The lowest BCUT2D eigenvalue weighted by Gasteiger charge is -2.21. The largest absolute Gasteiger partial charge is 0.369 e. The topological polar surface area (TPSA) is 156 Å². The quantitative estimate of drug-likeness (QED) is 0.346. The summed E-state index contributed by atoms with van der Waals surface area (Å²) < 4.78 is 49.2. The molecular weight excluding hydrogens is 478 g/mol. The Labute approximate surface area is 200 Å². The molecule has 0 spiro atoms. The first-order chi connectivity index (χ1) is 15.5. The molecule has 2 amide bonds. The summed E-state index contributed by atoms with van der Waals surface area (Å²) >= 11 is 0. The highest BCUT2D eigenvalue weighted by molar-refractivity contribution is 7.91. The van der Waals surface area contributed by atoms with Gasteiger partial charge in [-0.3, -0.25) is 15.0 Å². The molecule has 0 heterocycles. The minimum absolute atomic E-state index is 0.0649. The molecule has 0 bridgehead atoms. The van der Waals surface area contributed by atoms with Gasteiger partial charge in [-0.1, -0.05) is 39.8 Å². The summed E-state index contributed by atoms with van der Waals surface area (Å²) in [5, 5.41) is 7.81. The second kappa shape index (κ2) is 9.67. The van der Waals surface area contributed by atoms with Gasteiger partial charge in [-0.15, -0.1) is 0 Å². The fourth-order valence-corrected chi connectivity index (χ4v) is 5.65. The number of guanidine groups is 1. The molecule has 0 saturated carbocycles. The summed E-state index contributed by atoms with van der Waals surface area (Å²) in [6.45, 7) is 7.21. The Hall–Kier alpha value is -3.05. The summed E-state index contributed by atoms with van der Waals surface area (Å²) in [6.07, 6.45) is 2.03. The van der Waals surface area contributed by atoms with Crippen molar-refractivity contribution in [3.05, 3.63) is 58.7 Å². The number of amides is 2. The minimum Gasteiger partial charge on any atom is -0.369 e. The van der Waals surface area contributed by atoms with Crippen molar-refractivity contribution in [1.82, 2.24) is 4.90 Å². The van der Waals surface area contributed by atoms with Crippen LogP contribution in [0, 0.1) is 5.41 Å². The molecule has 0 aromatic heterocycles. The fraction of sp³-hybridized carbons (Fsp3) is 0.348. The van der Waals surface area contributed by atoms with E-state index in [0.29, 0.717) is 16.0 Å². The molecule has 34 heavy (non-hydrogen) atoms. The summed E-state index contributed by atoms with van der Waals surface area (Å²) in [7, 11) is -7.39. The van der Waals surface area contributed by atoms with E-state index in [-0.39, 0.29) is 32.8 Å². The van der Waals surface area contributed by atoms with E-state index in [2.05, 4.69) is 0 Å². The summed E-state index contributed by atoms with van der Waals surface area (Å²) in [6, 6.07) is 7.99. The van der Waals surface area contributed by atoms with Crippen LogP contribution in [0.5, 0.6) is 0 Å². The van der Waals surface area contributed by atoms with Crippen molar-refractivity contribution in [2.45, 2.75) is 49.3 Å². The van der Waals surface area contributed by atoms with Crippen molar-refractivity contribution in [2.75, 3.05) is 12.5 Å². The van der Waals surface area contributed by atoms with Gasteiger partial charge in [-0.2, -0.15) is 0 Å². The maximum absolute atomic E-state index is 13.2. The second-order valence-corrected chi connectivity index (χ2v) is 12.7. The summed E-state index contributed by atoms with van der Waals surface area (Å²) in [5.41, 5.74) is 6.24. The number of sulfone groups is 2. The van der Waals surface area contributed by atoms with E-state index in [1.165, 1.54) is 24.3 Å². The number of rotatable bonds is 6. The number of carbonyl (C=O) groups is 2. The van der Waals surface area contributed by atoms with Gasteiger partial charge in [0.2, 0.25) is 5.96 Å². The number of nitrogens with two attached hydrogens (primary N) is 1. The summed E-state index contributed by atoms with van der Waals surface area (Å²) in [5.74, 6) is -3.20. The van der Waals surface area contributed by atoms with Gasteiger partial charge in [0, 0.05) is 23.6 Å². The second-order valence-electron chi connectivity index (χ2n) is 8.69. The van der Waals surface area contributed by atoms with Gasteiger partial charge in [-0.25, -0.2) is 21.7 Å². The molecule has 0 aliphatic carbocycles. The first-order valence-electron chi connectivity index (χ1n) is 10.4. The monoisotopic (exact) mass is 507 g/mol. The average Bonchev–Trinajstić information content (AvgIpc) is 2.71. The Morgan fingerprint density at radius 1 is 0.765 bits per heavy atom. The van der Waals surface area contributed by atoms with Gasteiger partial charge in [0.25, 0.3) is 11.8 Å². The number of nitrogens with zero attached hydrogens (tertiary/aromatic N) is 1. The van der Waals surface area contributed by atoms with Crippen LogP contribution in [-0.2, 0) is 19.7 Å². The zero-order valence-corrected chi connectivity index (χ0v) is 21.5. The predicted molar refractivity (Wildman–Crippen MR) is 130 cm³/mol. The molecule has 2 aromatic rings. The maximum atomic E-state index is 13.2. The van der Waals surface area contributed by atoms with Crippen molar-refractivity contribution in [3.8, 4) is 0 Å². The molecule has 0 aliphatic rings. The van der Waals surface area contributed by atoms with Crippen molar-refractivity contribution in [3.63, 3.8) is 0 Å². The van der Waals surface area contributed by atoms with E-state index >= 15 is 0 Å². The molecule has 0 unspecified atom stereocenters. The van der Waals surface area contributed by atoms with Crippen LogP contribution in [0.3, 0.4) is 0 Å². The highest BCUT2D eigenvalue weighted by Gasteiger charge is 2.30. The SMILES string of the molecule is CC(C)c1ccc(C(=O)N(C(=N)N)C(=O)c2ccc(C(C)C)c(S(C)(=O)=O)c2)cc1S(C)(=O)=O. The maximum Gasteiger partial charge on any atom is 0.267 e. The molecule has 11 heteroatoms. The lowest BCUT2D eigenvalue weighted by molar-refractivity contribution is 0.0710. The Morgan fingerprint density at radius 3 is 1.32 bits per heavy atom. The molecule has 184 valence electrons. The Balaban J connectivity index is 2.63. The van der Waals surface area contributed by atoms with Gasteiger partial charge < -0.3 is 5.73 Å². The Morgan fingerprint density at radius 2 is 1.09 bits per heavy atom. The molecule has 0 fully saturated rings. The molecule has 2 rings (SSSR count). The highest BCUT2D eigenvalue weighted by atomic mass is 32.2. The van der Waals surface area contributed by atoms with Crippen LogP contribution in [0.2, 0.25) is 0 Å². The van der Waals surface area contributed by atoms with Crippen LogP contribution in [0.1, 0.15) is 71.4 Å². The van der Waals surface area contributed by atoms with E-state index < -0.39 is 37.4 Å². The Bertz CT molecular complexity index is 1280. The standard InChI is InChI=1S/C23H29N3O6S2/c1-13(2)17-9-7-15(11-19(17)33(5,29)30)21(27)26(23(24)25)22(28)16-8-10-18(14(3)4)20(12-16)34(6,31)32/h7-14H,1-6H3,(H3,24,25). The van der Waals surface area contributed by atoms with Gasteiger partial charge in [-0.05, 0) is 47.2 Å². The molecule has 0 saturated heterocycles. The van der Waals surface area contributed by atoms with E-state index in [1.54, 1.807) is 27.7 Å². The van der Waals surface area contributed by atoms with Crippen molar-refractivity contribution in [2.24, 2.45) is 5.73 Å². The number of nitrogens with one attached hydrogen (secondary N) is 1. The molecular formula is C23H29N3O6S2. The van der Waals surface area contributed by atoms with E-state index in [1.807, 2.05) is 0 Å². The zero-order chi connectivity index (χ0) is 26.2. The van der Waals surface area contributed by atoms with Crippen LogP contribution in [0.4, 0.5) is 0 Å². The lowest BCUT2D eigenvalue weighted by Crippen LogP contribution is -2.45. The van der Waals surface area contributed by atoms with E-state index in [0.717, 1.165) is 24.6 Å². The first-order valence-corrected chi connectivity index (χ1v) is 14.2. The van der Waals surface area contributed by atoms with Crippen LogP contribution >= 0.6 is 0 Å². The average molecular weight is 508 g/mol. The minimum atomic E-state index is -3.70. The first kappa shape index (κ1) is 27.2. The third-order valence-corrected chi connectivity index (χ3v) is 7.52. The third kappa shape index (κ3) is 5.71. The number of benzene rings is 2. The molecule has 2 aromatic carbocycles. The van der Waals surface area contributed by atoms with Gasteiger partial charge >= 0.3 is 0 Å². The number of imide groups is 1. The van der Waals surface area contributed by atoms with Crippen molar-refractivity contribution < 1.29 is 26.4 Å². The molecule has 0 atom stereocenters. The van der Waals surface area contributed by atoms with Crippen LogP contribution in [0.25, 0.3) is 0 Å². The van der Waals surface area contributed by atoms with Gasteiger partial charge in [0.05, 0.1) is 9.79 Å². The molecule has 0 aliphatic heterocycles. The molecule has 0 radical (unpaired) electrons. The highest BCUT2D eigenvalue weighted by Crippen LogP contribution is 2.27. The number of carbonyl (C=O) groups excluding carboxylic acids is 2. The van der Waals surface area contributed by atoms with E-state index in [9.17, 15) is 26.4 Å². The van der Waals surface area contributed by atoms with Gasteiger partial charge in [0.15, 0.2) is 19.7 Å². The van der Waals surface area contributed by atoms with Crippen molar-refractivity contribution >= 4 is 37.4 Å². The van der Waals surface area contributed by atoms with Gasteiger partial charge in [0.1, 0.15) is 0 Å². The Kier molecular flexibility index (Phi) is 7.73. The van der Waals surface area contributed by atoms with Crippen LogP contribution < -0.4 is 5.73 Å². The summed E-state index contributed by atoms with van der Waals surface area (Å²) in [4.78, 5) is 26.6. The zero-order valence-electron chi connectivity index (χ0n) is 19.9. The van der Waals surface area contributed by atoms with Crippen LogP contribution in [-0.4, -0.2) is 52.0 Å². The van der Waals surface area contributed by atoms with E-state index in [4.69, 9.17) is 11.1 Å². The fourth-order valence-electron chi connectivity index (χ4n) is 3.50. The van der Waals surface area contributed by atoms with Crippen molar-refractivity contribution in [1.29, 1.82) is 5.41 Å². The van der Waals surface area contributed by atoms with Crippen LogP contribution in [0.15, 0.2) is 46.2 Å². The lowest BCUT2D eigenvalue weighted by atomic mass is 10.00. The number of hydrogen-bond donors (Lipinski definition) is 2. The third-order valence-electron chi connectivity index (χ3n) is 5.21. The molecule has 3 N–H and O–H groups in total.